The lowest BCUT2D eigenvalue weighted by molar-refractivity contribution is 0.211. The number of rotatable bonds is 4. The fraction of sp³-hybridized carbons (Fsp3) is 0.154. The SMILES string of the molecule is CCONc1cc(N)nc2cc(-c3ccn[nH]3)cnc12. The Bertz CT molecular complexity index is 725. The molecule has 0 unspecified atom stereocenters. The quantitative estimate of drug-likeness (QED) is 0.626. The average Bonchev–Trinajstić information content (AvgIpc) is 2.98. The lowest BCUT2D eigenvalue weighted by Gasteiger charge is -2.09. The Morgan fingerprint density at radius 3 is 3.05 bits per heavy atom. The molecule has 0 bridgehead atoms. The number of nitrogen functional groups attached to an aromatic ring is 1. The zero-order chi connectivity index (χ0) is 13.9. The van der Waals surface area contributed by atoms with Gasteiger partial charge in [0.05, 0.1) is 23.5 Å². The number of nitrogens with one attached hydrogen (secondary N) is 2. The van der Waals surface area contributed by atoms with Crippen molar-refractivity contribution in [3.05, 3.63) is 30.6 Å². The number of anilines is 2. The lowest BCUT2D eigenvalue weighted by Crippen LogP contribution is -2.03. The summed E-state index contributed by atoms with van der Waals surface area (Å²) in [6.07, 6.45) is 3.44. The fourth-order valence-electron chi connectivity index (χ4n) is 1.93. The van der Waals surface area contributed by atoms with Crippen LogP contribution in [0.4, 0.5) is 11.5 Å². The Hall–Kier alpha value is -2.67. The first-order chi connectivity index (χ1) is 9.78. The van der Waals surface area contributed by atoms with Crippen LogP contribution in [0.2, 0.25) is 0 Å². The number of aromatic nitrogens is 4. The molecular formula is C13H14N6O. The van der Waals surface area contributed by atoms with Crippen LogP contribution in [0, 0.1) is 0 Å². The van der Waals surface area contributed by atoms with E-state index in [1.165, 1.54) is 0 Å². The summed E-state index contributed by atoms with van der Waals surface area (Å²) >= 11 is 0. The predicted octanol–water partition coefficient (Wildman–Crippen LogP) is 1.97. The minimum Gasteiger partial charge on any atom is -0.384 e. The monoisotopic (exact) mass is 270 g/mol. The van der Waals surface area contributed by atoms with E-state index in [-0.39, 0.29) is 0 Å². The molecule has 3 aromatic rings. The summed E-state index contributed by atoms with van der Waals surface area (Å²) in [7, 11) is 0. The van der Waals surface area contributed by atoms with Gasteiger partial charge in [0.25, 0.3) is 0 Å². The molecule has 0 aromatic carbocycles. The molecule has 0 aliphatic rings. The lowest BCUT2D eigenvalue weighted by atomic mass is 10.2. The summed E-state index contributed by atoms with van der Waals surface area (Å²) in [5, 5.41) is 6.82. The first kappa shape index (κ1) is 12.4. The molecule has 3 aromatic heterocycles. The van der Waals surface area contributed by atoms with Gasteiger partial charge in [0.15, 0.2) is 0 Å². The van der Waals surface area contributed by atoms with E-state index in [1.807, 2.05) is 19.1 Å². The second-order valence-electron chi connectivity index (χ2n) is 4.19. The van der Waals surface area contributed by atoms with E-state index >= 15 is 0 Å². The molecule has 3 rings (SSSR count). The van der Waals surface area contributed by atoms with Crippen molar-refractivity contribution in [1.82, 2.24) is 20.2 Å². The zero-order valence-corrected chi connectivity index (χ0v) is 10.9. The number of H-pyrrole nitrogens is 1. The van der Waals surface area contributed by atoms with Gasteiger partial charge >= 0.3 is 0 Å². The van der Waals surface area contributed by atoms with E-state index in [1.54, 1.807) is 18.5 Å². The van der Waals surface area contributed by atoms with Crippen molar-refractivity contribution >= 4 is 22.5 Å². The van der Waals surface area contributed by atoms with Crippen LogP contribution in [0.5, 0.6) is 0 Å². The molecule has 0 radical (unpaired) electrons. The van der Waals surface area contributed by atoms with Crippen molar-refractivity contribution in [3.63, 3.8) is 0 Å². The molecule has 102 valence electrons. The first-order valence-electron chi connectivity index (χ1n) is 6.21. The number of fused-ring (bicyclic) bond motifs is 1. The minimum absolute atomic E-state index is 0.406. The minimum atomic E-state index is 0.406. The molecule has 4 N–H and O–H groups in total. The van der Waals surface area contributed by atoms with E-state index in [9.17, 15) is 0 Å². The van der Waals surface area contributed by atoms with E-state index in [4.69, 9.17) is 10.6 Å². The summed E-state index contributed by atoms with van der Waals surface area (Å²) < 4.78 is 0. The van der Waals surface area contributed by atoms with E-state index in [2.05, 4.69) is 25.6 Å². The zero-order valence-electron chi connectivity index (χ0n) is 10.9. The highest BCUT2D eigenvalue weighted by Gasteiger charge is 2.08. The summed E-state index contributed by atoms with van der Waals surface area (Å²) in [5.74, 6) is 0.406. The third-order valence-electron chi connectivity index (χ3n) is 2.80. The maximum Gasteiger partial charge on any atom is 0.126 e. The van der Waals surface area contributed by atoms with Crippen LogP contribution in [0.25, 0.3) is 22.3 Å². The molecule has 0 saturated heterocycles. The smallest absolute Gasteiger partial charge is 0.126 e. The van der Waals surface area contributed by atoms with Gasteiger partial charge < -0.3 is 5.73 Å². The summed E-state index contributed by atoms with van der Waals surface area (Å²) in [5.41, 5.74) is 12.5. The van der Waals surface area contributed by atoms with Crippen molar-refractivity contribution in [2.24, 2.45) is 0 Å². The maximum absolute atomic E-state index is 5.81. The first-order valence-corrected chi connectivity index (χ1v) is 6.21. The van der Waals surface area contributed by atoms with Crippen molar-refractivity contribution < 1.29 is 4.84 Å². The summed E-state index contributed by atoms with van der Waals surface area (Å²) in [6, 6.07) is 5.47. The molecule has 0 spiro atoms. The van der Waals surface area contributed by atoms with E-state index < -0.39 is 0 Å². The third-order valence-corrected chi connectivity index (χ3v) is 2.80. The number of hydrogen-bond acceptors (Lipinski definition) is 6. The van der Waals surface area contributed by atoms with Gasteiger partial charge in [0.2, 0.25) is 0 Å². The van der Waals surface area contributed by atoms with Crippen molar-refractivity contribution in [3.8, 4) is 11.3 Å². The van der Waals surface area contributed by atoms with Crippen LogP contribution >= 0.6 is 0 Å². The Balaban J connectivity index is 2.10. The van der Waals surface area contributed by atoms with Crippen LogP contribution in [-0.4, -0.2) is 26.8 Å². The molecule has 0 aliphatic heterocycles. The largest absolute Gasteiger partial charge is 0.384 e. The molecule has 7 nitrogen and oxygen atoms in total. The maximum atomic E-state index is 5.81. The van der Waals surface area contributed by atoms with Gasteiger partial charge in [-0.15, -0.1) is 0 Å². The van der Waals surface area contributed by atoms with Crippen LogP contribution in [0.3, 0.4) is 0 Å². The second kappa shape index (κ2) is 5.14. The van der Waals surface area contributed by atoms with Crippen molar-refractivity contribution in [2.75, 3.05) is 17.8 Å². The van der Waals surface area contributed by atoms with Crippen molar-refractivity contribution in [2.45, 2.75) is 6.92 Å². The van der Waals surface area contributed by atoms with Gasteiger partial charge in [-0.25, -0.2) is 4.98 Å². The molecule has 0 atom stereocenters. The fourth-order valence-corrected chi connectivity index (χ4v) is 1.93. The van der Waals surface area contributed by atoms with Crippen molar-refractivity contribution in [1.29, 1.82) is 0 Å². The molecule has 20 heavy (non-hydrogen) atoms. The molecule has 0 aliphatic carbocycles. The van der Waals surface area contributed by atoms with Gasteiger partial charge in [0.1, 0.15) is 11.3 Å². The van der Waals surface area contributed by atoms with Crippen LogP contribution in [-0.2, 0) is 4.84 Å². The molecular weight excluding hydrogens is 256 g/mol. The third kappa shape index (κ3) is 2.26. The summed E-state index contributed by atoms with van der Waals surface area (Å²) in [4.78, 5) is 13.9. The highest BCUT2D eigenvalue weighted by Crippen LogP contribution is 2.26. The number of nitrogens with zero attached hydrogens (tertiary/aromatic N) is 3. The predicted molar refractivity (Wildman–Crippen MR) is 76.8 cm³/mol. The second-order valence-corrected chi connectivity index (χ2v) is 4.19. The van der Waals surface area contributed by atoms with Gasteiger partial charge in [-0.05, 0) is 19.1 Å². The van der Waals surface area contributed by atoms with Gasteiger partial charge in [-0.2, -0.15) is 5.10 Å². The number of nitrogens with two attached hydrogens (primary N) is 1. The topological polar surface area (TPSA) is 102 Å². The van der Waals surface area contributed by atoms with E-state index in [0.29, 0.717) is 29.1 Å². The Morgan fingerprint density at radius 1 is 1.40 bits per heavy atom. The van der Waals surface area contributed by atoms with Gasteiger partial charge in [0, 0.05) is 24.0 Å². The highest BCUT2D eigenvalue weighted by molar-refractivity contribution is 5.91. The van der Waals surface area contributed by atoms with Crippen LogP contribution < -0.4 is 11.2 Å². The Kier molecular flexibility index (Phi) is 3.18. The number of pyridine rings is 2. The van der Waals surface area contributed by atoms with Crippen LogP contribution in [0.1, 0.15) is 6.92 Å². The number of hydrogen-bond donors (Lipinski definition) is 3. The molecule has 0 saturated carbocycles. The van der Waals surface area contributed by atoms with Crippen LogP contribution in [0.15, 0.2) is 30.6 Å². The number of aromatic amines is 1. The standard InChI is InChI=1S/C13H14N6O/c1-2-20-19-11-6-12(14)17-10-5-8(7-15-13(10)11)9-3-4-16-18-9/h3-7H,2H2,1H3,(H,16,18)(H3,14,17,19). The molecule has 7 heteroatoms. The molecule has 0 amide bonds. The summed E-state index contributed by atoms with van der Waals surface area (Å²) in [6.45, 7) is 2.43. The Labute approximate surface area is 115 Å². The molecule has 0 fully saturated rings. The Morgan fingerprint density at radius 2 is 2.30 bits per heavy atom. The highest BCUT2D eigenvalue weighted by atomic mass is 16.6. The van der Waals surface area contributed by atoms with E-state index in [0.717, 1.165) is 11.3 Å². The molecule has 3 heterocycles. The van der Waals surface area contributed by atoms with Gasteiger partial charge in [-0.1, -0.05) is 0 Å². The average molecular weight is 270 g/mol. The normalized spacial score (nSPS) is 10.8. The van der Waals surface area contributed by atoms with Gasteiger partial charge in [-0.3, -0.25) is 20.4 Å².